The van der Waals surface area contributed by atoms with Gasteiger partial charge < -0.3 is 19.7 Å². The molecule has 1 aliphatic heterocycles. The first-order chi connectivity index (χ1) is 10.6. The van der Waals surface area contributed by atoms with E-state index in [0.717, 1.165) is 44.9 Å². The molecular weight excluding hydrogens is 282 g/mol. The zero-order valence-electron chi connectivity index (χ0n) is 14.4. The summed E-state index contributed by atoms with van der Waals surface area (Å²) in [5.74, 6) is 0.725. The fourth-order valence-corrected chi connectivity index (χ4v) is 2.55. The molecule has 0 aromatic rings. The van der Waals surface area contributed by atoms with Gasteiger partial charge in [0.25, 0.3) is 0 Å². The van der Waals surface area contributed by atoms with E-state index in [1.165, 1.54) is 0 Å². The van der Waals surface area contributed by atoms with Crippen molar-refractivity contribution >= 4 is 11.9 Å². The lowest BCUT2D eigenvalue weighted by molar-refractivity contribution is -0.149. The molecule has 1 unspecified atom stereocenters. The van der Waals surface area contributed by atoms with Gasteiger partial charge in [0.15, 0.2) is 5.96 Å². The number of carbonyl (C=O) groups excluding carboxylic acids is 1. The smallest absolute Gasteiger partial charge is 0.310 e. The van der Waals surface area contributed by atoms with Crippen molar-refractivity contribution in [3.63, 3.8) is 0 Å². The molecule has 0 amide bonds. The normalized spacial score (nSPS) is 19.4. The van der Waals surface area contributed by atoms with Crippen molar-refractivity contribution in [3.05, 3.63) is 0 Å². The lowest BCUT2D eigenvalue weighted by atomic mass is 9.98. The number of nitrogens with one attached hydrogen (secondary N) is 1. The molecule has 0 bridgehead atoms. The first-order valence-electron chi connectivity index (χ1n) is 8.32. The lowest BCUT2D eigenvalue weighted by Gasteiger charge is -2.34. The summed E-state index contributed by atoms with van der Waals surface area (Å²) < 4.78 is 10.7. The van der Waals surface area contributed by atoms with Gasteiger partial charge in [0.1, 0.15) is 0 Å². The Labute approximate surface area is 134 Å². The van der Waals surface area contributed by atoms with Crippen molar-refractivity contribution in [3.8, 4) is 0 Å². The number of carbonyl (C=O) groups is 1. The number of guanidine groups is 1. The van der Waals surface area contributed by atoms with E-state index in [4.69, 9.17) is 9.47 Å². The van der Waals surface area contributed by atoms with Gasteiger partial charge >= 0.3 is 5.97 Å². The Morgan fingerprint density at radius 3 is 2.86 bits per heavy atom. The van der Waals surface area contributed by atoms with E-state index in [9.17, 15) is 4.79 Å². The maximum Gasteiger partial charge on any atom is 0.310 e. The van der Waals surface area contributed by atoms with Gasteiger partial charge in [-0.1, -0.05) is 0 Å². The van der Waals surface area contributed by atoms with Gasteiger partial charge in [-0.3, -0.25) is 9.79 Å². The molecule has 1 heterocycles. The second-order valence-corrected chi connectivity index (χ2v) is 5.78. The summed E-state index contributed by atoms with van der Waals surface area (Å²) in [6.45, 7) is 9.54. The molecular formula is C16H31N3O3. The van der Waals surface area contributed by atoms with Crippen LogP contribution in [0.1, 0.15) is 40.0 Å². The standard InChI is InChI=1S/C16H31N3O3/c1-5-21-15(20)14-8-6-10-19(12-14)16(17-4)18-9-7-11-22-13(2)3/h13-14H,5-12H2,1-4H3,(H,17,18). The molecule has 0 aromatic heterocycles. The molecule has 1 atom stereocenters. The quantitative estimate of drug-likeness (QED) is 0.335. The molecule has 22 heavy (non-hydrogen) atoms. The molecule has 0 saturated carbocycles. The third-order valence-corrected chi connectivity index (χ3v) is 3.61. The van der Waals surface area contributed by atoms with E-state index >= 15 is 0 Å². The molecule has 1 rings (SSSR count). The van der Waals surface area contributed by atoms with Crippen LogP contribution in [0, 0.1) is 5.92 Å². The van der Waals surface area contributed by atoms with Crippen LogP contribution in [0.15, 0.2) is 4.99 Å². The summed E-state index contributed by atoms with van der Waals surface area (Å²) >= 11 is 0. The highest BCUT2D eigenvalue weighted by molar-refractivity contribution is 5.81. The van der Waals surface area contributed by atoms with Gasteiger partial charge in [-0.25, -0.2) is 0 Å². The average molecular weight is 313 g/mol. The molecule has 6 heteroatoms. The van der Waals surface area contributed by atoms with Crippen LogP contribution < -0.4 is 5.32 Å². The largest absolute Gasteiger partial charge is 0.466 e. The van der Waals surface area contributed by atoms with Crippen LogP contribution in [0.4, 0.5) is 0 Å². The van der Waals surface area contributed by atoms with Crippen molar-refractivity contribution in [2.45, 2.75) is 46.1 Å². The van der Waals surface area contributed by atoms with E-state index in [1.54, 1.807) is 7.05 Å². The van der Waals surface area contributed by atoms with Gasteiger partial charge in [-0.15, -0.1) is 0 Å². The van der Waals surface area contributed by atoms with E-state index in [1.807, 2.05) is 20.8 Å². The molecule has 1 aliphatic rings. The molecule has 0 aromatic carbocycles. The molecule has 0 radical (unpaired) electrons. The number of hydrogen-bond acceptors (Lipinski definition) is 4. The first kappa shape index (κ1) is 18.7. The summed E-state index contributed by atoms with van der Waals surface area (Å²) in [6.07, 6.45) is 3.09. The predicted octanol–water partition coefficient (Wildman–Crippen LogP) is 1.65. The molecule has 0 aliphatic carbocycles. The highest BCUT2D eigenvalue weighted by Gasteiger charge is 2.28. The topological polar surface area (TPSA) is 63.2 Å². The van der Waals surface area contributed by atoms with Gasteiger partial charge in [0.2, 0.25) is 0 Å². The molecule has 1 saturated heterocycles. The Hall–Kier alpha value is -1.30. The highest BCUT2D eigenvalue weighted by Crippen LogP contribution is 2.18. The van der Waals surface area contributed by atoms with Crippen LogP contribution in [0.3, 0.4) is 0 Å². The van der Waals surface area contributed by atoms with Gasteiger partial charge in [0, 0.05) is 33.3 Å². The van der Waals surface area contributed by atoms with E-state index in [2.05, 4.69) is 15.2 Å². The number of likely N-dealkylation sites (tertiary alicyclic amines) is 1. The summed E-state index contributed by atoms with van der Waals surface area (Å²) in [7, 11) is 1.78. The first-order valence-corrected chi connectivity index (χ1v) is 8.32. The molecule has 0 spiro atoms. The summed E-state index contributed by atoms with van der Waals surface area (Å²) in [5.41, 5.74) is 0. The molecule has 1 fully saturated rings. The van der Waals surface area contributed by atoms with Crippen molar-refractivity contribution in [2.24, 2.45) is 10.9 Å². The third kappa shape index (κ3) is 6.64. The maximum atomic E-state index is 11.9. The fourth-order valence-electron chi connectivity index (χ4n) is 2.55. The SMILES string of the molecule is CCOC(=O)C1CCCN(C(=NC)NCCCOC(C)C)C1. The Morgan fingerprint density at radius 1 is 1.45 bits per heavy atom. The number of rotatable bonds is 7. The van der Waals surface area contributed by atoms with Crippen LogP contribution in [0.2, 0.25) is 0 Å². The number of hydrogen-bond donors (Lipinski definition) is 1. The number of aliphatic imine (C=N–C) groups is 1. The zero-order chi connectivity index (χ0) is 16.4. The number of nitrogens with zero attached hydrogens (tertiary/aromatic N) is 2. The van der Waals surface area contributed by atoms with Crippen molar-refractivity contribution in [1.29, 1.82) is 0 Å². The van der Waals surface area contributed by atoms with E-state index in [0.29, 0.717) is 13.2 Å². The molecule has 128 valence electrons. The summed E-state index contributed by atoms with van der Waals surface area (Å²) in [4.78, 5) is 18.4. The van der Waals surface area contributed by atoms with Crippen LogP contribution in [0.25, 0.3) is 0 Å². The Morgan fingerprint density at radius 2 is 2.23 bits per heavy atom. The van der Waals surface area contributed by atoms with Crippen LogP contribution in [-0.2, 0) is 14.3 Å². The van der Waals surface area contributed by atoms with Gasteiger partial charge in [-0.2, -0.15) is 0 Å². The zero-order valence-corrected chi connectivity index (χ0v) is 14.4. The molecule has 6 nitrogen and oxygen atoms in total. The second kappa shape index (κ2) is 10.4. The minimum Gasteiger partial charge on any atom is -0.466 e. The van der Waals surface area contributed by atoms with Crippen LogP contribution in [0.5, 0.6) is 0 Å². The van der Waals surface area contributed by atoms with Gasteiger partial charge in [-0.05, 0) is 40.0 Å². The second-order valence-electron chi connectivity index (χ2n) is 5.78. The van der Waals surface area contributed by atoms with E-state index in [-0.39, 0.29) is 18.0 Å². The van der Waals surface area contributed by atoms with Crippen molar-refractivity contribution in [1.82, 2.24) is 10.2 Å². The van der Waals surface area contributed by atoms with E-state index < -0.39 is 0 Å². The third-order valence-electron chi connectivity index (χ3n) is 3.61. The Bertz CT molecular complexity index is 359. The minimum atomic E-state index is -0.0898. The Kier molecular flexibility index (Phi) is 8.89. The van der Waals surface area contributed by atoms with Crippen molar-refractivity contribution in [2.75, 3.05) is 39.9 Å². The van der Waals surface area contributed by atoms with Crippen LogP contribution >= 0.6 is 0 Å². The highest BCUT2D eigenvalue weighted by atomic mass is 16.5. The predicted molar refractivity (Wildman–Crippen MR) is 88.0 cm³/mol. The number of piperidine rings is 1. The van der Waals surface area contributed by atoms with Crippen LogP contribution in [-0.4, -0.2) is 62.8 Å². The van der Waals surface area contributed by atoms with Crippen molar-refractivity contribution < 1.29 is 14.3 Å². The summed E-state index contributed by atoms with van der Waals surface area (Å²) in [6, 6.07) is 0. The fraction of sp³-hybridized carbons (Fsp3) is 0.875. The average Bonchev–Trinajstić information content (AvgIpc) is 2.51. The molecule has 1 N–H and O–H groups in total. The lowest BCUT2D eigenvalue weighted by Crippen LogP contribution is -2.48. The number of esters is 1. The number of ether oxygens (including phenoxy) is 2. The summed E-state index contributed by atoms with van der Waals surface area (Å²) in [5, 5.41) is 3.35. The minimum absolute atomic E-state index is 0.0449. The monoisotopic (exact) mass is 313 g/mol. The Balaban J connectivity index is 2.37. The van der Waals surface area contributed by atoms with Gasteiger partial charge in [0.05, 0.1) is 18.6 Å². The maximum absolute atomic E-state index is 11.9.